The molecule has 172 valence electrons. The second-order valence-corrected chi connectivity index (χ2v) is 9.22. The van der Waals surface area contributed by atoms with Crippen LogP contribution in [0.2, 0.25) is 0 Å². The molecule has 0 radical (unpaired) electrons. The number of furan rings is 1. The van der Waals surface area contributed by atoms with E-state index >= 15 is 0 Å². The number of piperidine rings is 1. The van der Waals surface area contributed by atoms with Gasteiger partial charge in [-0.25, -0.2) is 4.79 Å². The number of carbonyl (C=O) groups is 2. The van der Waals surface area contributed by atoms with Gasteiger partial charge in [0.2, 0.25) is 0 Å². The lowest BCUT2D eigenvalue weighted by Crippen LogP contribution is -2.55. The van der Waals surface area contributed by atoms with E-state index in [4.69, 9.17) is 4.42 Å². The predicted molar refractivity (Wildman–Crippen MR) is 122 cm³/mol. The zero-order chi connectivity index (χ0) is 22.7. The number of hydrogen-bond donors (Lipinski definition) is 1. The summed E-state index contributed by atoms with van der Waals surface area (Å²) in [6.07, 6.45) is 5.15. The van der Waals surface area contributed by atoms with Gasteiger partial charge in [-0.2, -0.15) is 0 Å². The van der Waals surface area contributed by atoms with Crippen LogP contribution < -0.4 is 5.32 Å². The summed E-state index contributed by atoms with van der Waals surface area (Å²) in [5, 5.41) is 3.07. The number of amides is 3. The van der Waals surface area contributed by atoms with Crippen LogP contribution in [0, 0.1) is 12.8 Å². The van der Waals surface area contributed by atoms with Gasteiger partial charge in [0.05, 0.1) is 12.2 Å². The number of urea groups is 1. The van der Waals surface area contributed by atoms with Crippen molar-refractivity contribution in [3.63, 3.8) is 0 Å². The topological polar surface area (TPSA) is 78.7 Å². The SMILES string of the molecule is CCC1(C2CCN(CCC(C)c3ccc(C)o3)CC2)NC(=O)N(Cc2ccccn2)C1=O. The van der Waals surface area contributed by atoms with Crippen molar-refractivity contribution in [3.05, 3.63) is 53.7 Å². The Morgan fingerprint density at radius 3 is 2.62 bits per heavy atom. The van der Waals surface area contributed by atoms with Crippen LogP contribution in [0.5, 0.6) is 0 Å². The molecule has 0 aromatic carbocycles. The van der Waals surface area contributed by atoms with Gasteiger partial charge >= 0.3 is 6.03 Å². The maximum atomic E-state index is 13.4. The molecule has 2 fully saturated rings. The highest BCUT2D eigenvalue weighted by Crippen LogP contribution is 2.36. The first-order valence-electron chi connectivity index (χ1n) is 11.8. The summed E-state index contributed by atoms with van der Waals surface area (Å²) in [5.74, 6) is 2.45. The number of likely N-dealkylation sites (tertiary alicyclic amines) is 1. The first-order chi connectivity index (χ1) is 15.4. The monoisotopic (exact) mass is 438 g/mol. The molecule has 32 heavy (non-hydrogen) atoms. The molecule has 2 atom stereocenters. The molecular weight excluding hydrogens is 404 g/mol. The number of nitrogens with one attached hydrogen (secondary N) is 1. The highest BCUT2D eigenvalue weighted by molar-refractivity contribution is 6.07. The van der Waals surface area contributed by atoms with E-state index in [1.807, 2.05) is 38.1 Å². The van der Waals surface area contributed by atoms with Crippen LogP contribution in [0.4, 0.5) is 4.79 Å². The highest BCUT2D eigenvalue weighted by atomic mass is 16.3. The molecule has 4 rings (SSSR count). The van der Waals surface area contributed by atoms with Crippen LogP contribution >= 0.6 is 0 Å². The molecule has 2 saturated heterocycles. The fourth-order valence-corrected chi connectivity index (χ4v) is 5.13. The van der Waals surface area contributed by atoms with Crippen molar-refractivity contribution < 1.29 is 14.0 Å². The van der Waals surface area contributed by atoms with Crippen molar-refractivity contribution >= 4 is 11.9 Å². The number of carbonyl (C=O) groups excluding carboxylic acids is 2. The molecule has 7 nitrogen and oxygen atoms in total. The predicted octanol–water partition coefficient (Wildman–Crippen LogP) is 4.09. The molecule has 2 aliphatic heterocycles. The molecule has 0 aliphatic carbocycles. The minimum atomic E-state index is -0.795. The quantitative estimate of drug-likeness (QED) is 0.628. The molecule has 3 amide bonds. The van der Waals surface area contributed by atoms with Crippen LogP contribution in [0.15, 0.2) is 40.9 Å². The smallest absolute Gasteiger partial charge is 0.325 e. The lowest BCUT2D eigenvalue weighted by molar-refractivity contribution is -0.134. The lowest BCUT2D eigenvalue weighted by atomic mass is 9.75. The van der Waals surface area contributed by atoms with Gasteiger partial charge in [-0.15, -0.1) is 0 Å². The Hall–Kier alpha value is -2.67. The number of imide groups is 1. The summed E-state index contributed by atoms with van der Waals surface area (Å²) in [4.78, 5) is 34.2. The Morgan fingerprint density at radius 1 is 1.22 bits per heavy atom. The third-order valence-electron chi connectivity index (χ3n) is 7.22. The molecule has 4 heterocycles. The molecule has 0 saturated carbocycles. The van der Waals surface area contributed by atoms with Gasteiger partial charge in [0.25, 0.3) is 5.91 Å². The largest absolute Gasteiger partial charge is 0.466 e. The average Bonchev–Trinajstić information content (AvgIpc) is 3.35. The van der Waals surface area contributed by atoms with E-state index in [0.717, 1.165) is 56.1 Å². The summed E-state index contributed by atoms with van der Waals surface area (Å²) < 4.78 is 5.77. The standard InChI is InChI=1S/C25H34N4O3/c1-4-25(23(30)29(24(31)27-25)17-21-7-5-6-13-26-21)20-11-15-28(16-12-20)14-10-18(2)22-9-8-19(3)32-22/h5-9,13,18,20H,4,10-12,14-17H2,1-3H3,(H,27,31). The van der Waals surface area contributed by atoms with E-state index in [0.29, 0.717) is 12.3 Å². The molecular formula is C25H34N4O3. The van der Waals surface area contributed by atoms with Gasteiger partial charge < -0.3 is 14.6 Å². The number of rotatable bonds is 8. The van der Waals surface area contributed by atoms with Gasteiger partial charge in [-0.3, -0.25) is 14.7 Å². The van der Waals surface area contributed by atoms with Gasteiger partial charge in [0.1, 0.15) is 17.1 Å². The van der Waals surface area contributed by atoms with Crippen LogP contribution in [-0.2, 0) is 11.3 Å². The first-order valence-corrected chi connectivity index (χ1v) is 11.8. The van der Waals surface area contributed by atoms with Crippen LogP contribution in [0.25, 0.3) is 0 Å². The zero-order valence-corrected chi connectivity index (χ0v) is 19.3. The summed E-state index contributed by atoms with van der Waals surface area (Å²) >= 11 is 0. The van der Waals surface area contributed by atoms with Gasteiger partial charge in [-0.05, 0) is 82.4 Å². The Balaban J connectivity index is 1.34. The maximum absolute atomic E-state index is 13.4. The number of hydrogen-bond acceptors (Lipinski definition) is 5. The average molecular weight is 439 g/mol. The molecule has 0 bridgehead atoms. The Kier molecular flexibility index (Phi) is 6.65. The Bertz CT molecular complexity index is 936. The number of aromatic nitrogens is 1. The summed E-state index contributed by atoms with van der Waals surface area (Å²) in [6, 6.07) is 9.34. The number of pyridine rings is 1. The van der Waals surface area contributed by atoms with E-state index in [1.54, 1.807) is 6.20 Å². The van der Waals surface area contributed by atoms with Gasteiger partial charge in [0.15, 0.2) is 0 Å². The number of aryl methyl sites for hydroxylation is 1. The third-order valence-corrected chi connectivity index (χ3v) is 7.22. The molecule has 7 heteroatoms. The minimum absolute atomic E-state index is 0.101. The fraction of sp³-hybridized carbons (Fsp3) is 0.560. The van der Waals surface area contributed by atoms with Crippen molar-refractivity contribution in [1.29, 1.82) is 0 Å². The summed E-state index contributed by atoms with van der Waals surface area (Å²) in [7, 11) is 0. The summed E-state index contributed by atoms with van der Waals surface area (Å²) in [5.41, 5.74) is -0.0738. The van der Waals surface area contributed by atoms with E-state index in [2.05, 4.69) is 28.2 Å². The Morgan fingerprint density at radius 2 is 2.00 bits per heavy atom. The zero-order valence-electron chi connectivity index (χ0n) is 19.3. The summed E-state index contributed by atoms with van der Waals surface area (Å²) in [6.45, 7) is 9.31. The fourth-order valence-electron chi connectivity index (χ4n) is 5.13. The van der Waals surface area contributed by atoms with Gasteiger partial charge in [0, 0.05) is 12.1 Å². The maximum Gasteiger partial charge on any atom is 0.325 e. The van der Waals surface area contributed by atoms with Crippen molar-refractivity contribution in [1.82, 2.24) is 20.1 Å². The van der Waals surface area contributed by atoms with Gasteiger partial charge in [-0.1, -0.05) is 19.9 Å². The van der Waals surface area contributed by atoms with Crippen LogP contribution in [-0.4, -0.2) is 51.9 Å². The van der Waals surface area contributed by atoms with E-state index in [1.165, 1.54) is 4.90 Å². The van der Waals surface area contributed by atoms with Crippen molar-refractivity contribution in [2.45, 2.75) is 64.5 Å². The van der Waals surface area contributed by atoms with Crippen molar-refractivity contribution in [2.24, 2.45) is 5.92 Å². The normalized spacial score (nSPS) is 23.5. The molecule has 2 aliphatic rings. The second kappa shape index (κ2) is 9.45. The molecule has 2 unspecified atom stereocenters. The highest BCUT2D eigenvalue weighted by Gasteiger charge is 2.54. The van der Waals surface area contributed by atoms with E-state index < -0.39 is 5.54 Å². The number of nitrogens with zero attached hydrogens (tertiary/aromatic N) is 3. The second-order valence-electron chi connectivity index (χ2n) is 9.22. The molecule has 2 aromatic rings. The molecule has 1 N–H and O–H groups in total. The van der Waals surface area contributed by atoms with E-state index in [9.17, 15) is 9.59 Å². The third kappa shape index (κ3) is 4.44. The molecule has 0 spiro atoms. The Labute approximate surface area is 190 Å². The van der Waals surface area contributed by atoms with E-state index in [-0.39, 0.29) is 24.4 Å². The minimum Gasteiger partial charge on any atom is -0.466 e. The molecule has 2 aromatic heterocycles. The van der Waals surface area contributed by atoms with Crippen molar-refractivity contribution in [3.8, 4) is 0 Å². The first kappa shape index (κ1) is 22.5. The van der Waals surface area contributed by atoms with Crippen LogP contribution in [0.1, 0.15) is 62.7 Å². The lowest BCUT2D eigenvalue weighted by Gasteiger charge is -2.40. The van der Waals surface area contributed by atoms with Crippen LogP contribution in [0.3, 0.4) is 0 Å². The van der Waals surface area contributed by atoms with Crippen molar-refractivity contribution in [2.75, 3.05) is 19.6 Å².